The van der Waals surface area contributed by atoms with Crippen molar-refractivity contribution in [3.63, 3.8) is 0 Å². The number of aryl methyl sites for hydroxylation is 1. The number of halogens is 2. The topological polar surface area (TPSA) is 71.1 Å². The molecule has 3 rings (SSSR count). The molecule has 0 aliphatic heterocycles. The van der Waals surface area contributed by atoms with Crippen LogP contribution < -0.4 is 10.6 Å². The van der Waals surface area contributed by atoms with Gasteiger partial charge in [0.05, 0.1) is 17.3 Å². The summed E-state index contributed by atoms with van der Waals surface area (Å²) in [7, 11) is 0. The van der Waals surface area contributed by atoms with E-state index in [2.05, 4.69) is 15.6 Å². The van der Waals surface area contributed by atoms with E-state index in [0.717, 1.165) is 12.1 Å². The quantitative estimate of drug-likeness (QED) is 0.672. The van der Waals surface area contributed by atoms with Gasteiger partial charge in [0.15, 0.2) is 0 Å². The number of benzene rings is 2. The molecule has 0 aliphatic rings. The summed E-state index contributed by atoms with van der Waals surface area (Å²) in [6, 6.07) is 10.6. The first-order chi connectivity index (χ1) is 13.9. The summed E-state index contributed by atoms with van der Waals surface area (Å²) >= 11 is 0. The molecule has 0 fully saturated rings. The van der Waals surface area contributed by atoms with E-state index in [4.69, 9.17) is 0 Å². The summed E-state index contributed by atoms with van der Waals surface area (Å²) in [5.74, 6) is -2.30. The first-order valence-electron chi connectivity index (χ1n) is 8.93. The van der Waals surface area contributed by atoms with Gasteiger partial charge in [-0.25, -0.2) is 8.78 Å². The zero-order valence-corrected chi connectivity index (χ0v) is 15.9. The molecule has 2 aromatic carbocycles. The number of anilines is 1. The van der Waals surface area contributed by atoms with Crippen molar-refractivity contribution in [2.45, 2.75) is 19.9 Å². The predicted octanol–water partition coefficient (Wildman–Crippen LogP) is 4.41. The van der Waals surface area contributed by atoms with Gasteiger partial charge in [-0.15, -0.1) is 0 Å². The lowest BCUT2D eigenvalue weighted by Crippen LogP contribution is -2.28. The van der Waals surface area contributed by atoms with Gasteiger partial charge in [0.1, 0.15) is 11.6 Å². The first kappa shape index (κ1) is 20.1. The number of hydrogen-bond acceptors (Lipinski definition) is 3. The lowest BCUT2D eigenvalue weighted by atomic mass is 10.0. The van der Waals surface area contributed by atoms with Crippen molar-refractivity contribution in [3.8, 4) is 0 Å². The fourth-order valence-electron chi connectivity index (χ4n) is 2.92. The number of rotatable bonds is 5. The van der Waals surface area contributed by atoms with Crippen molar-refractivity contribution in [2.24, 2.45) is 0 Å². The Morgan fingerprint density at radius 2 is 1.72 bits per heavy atom. The van der Waals surface area contributed by atoms with Crippen LogP contribution in [-0.4, -0.2) is 16.8 Å². The van der Waals surface area contributed by atoms with Crippen molar-refractivity contribution in [2.75, 3.05) is 5.32 Å². The molecule has 0 spiro atoms. The summed E-state index contributed by atoms with van der Waals surface area (Å²) in [5.41, 5.74) is 1.85. The molecule has 0 saturated heterocycles. The van der Waals surface area contributed by atoms with Crippen LogP contribution in [0.15, 0.2) is 60.9 Å². The molecule has 3 aromatic rings. The van der Waals surface area contributed by atoms with Gasteiger partial charge < -0.3 is 10.6 Å². The van der Waals surface area contributed by atoms with E-state index < -0.39 is 23.6 Å². The molecule has 2 N–H and O–H groups in total. The third kappa shape index (κ3) is 4.63. The van der Waals surface area contributed by atoms with Gasteiger partial charge in [-0.05, 0) is 43.7 Å². The first-order valence-corrected chi connectivity index (χ1v) is 8.93. The molecule has 5 nitrogen and oxygen atoms in total. The van der Waals surface area contributed by atoms with Crippen molar-refractivity contribution in [3.05, 3.63) is 94.8 Å². The number of nitrogens with zero attached hydrogens (tertiary/aromatic N) is 1. The Hall–Kier alpha value is -3.61. The fourth-order valence-corrected chi connectivity index (χ4v) is 2.92. The van der Waals surface area contributed by atoms with Crippen LogP contribution in [0.5, 0.6) is 0 Å². The molecule has 1 atom stereocenters. The molecule has 148 valence electrons. The van der Waals surface area contributed by atoms with Gasteiger partial charge in [-0.1, -0.05) is 18.2 Å². The lowest BCUT2D eigenvalue weighted by molar-refractivity contribution is 0.0940. The van der Waals surface area contributed by atoms with Gasteiger partial charge in [0.25, 0.3) is 11.8 Å². The largest absolute Gasteiger partial charge is 0.345 e. The minimum atomic E-state index is -0.742. The summed E-state index contributed by atoms with van der Waals surface area (Å²) in [4.78, 5) is 29.2. The van der Waals surface area contributed by atoms with Crippen LogP contribution in [0.4, 0.5) is 14.5 Å². The van der Waals surface area contributed by atoms with Crippen LogP contribution in [0.1, 0.15) is 44.8 Å². The summed E-state index contributed by atoms with van der Waals surface area (Å²) in [6.45, 7) is 3.36. The van der Waals surface area contributed by atoms with Crippen LogP contribution in [0, 0.1) is 18.6 Å². The second-order valence-corrected chi connectivity index (χ2v) is 6.55. The van der Waals surface area contributed by atoms with Gasteiger partial charge in [-0.2, -0.15) is 0 Å². The van der Waals surface area contributed by atoms with Crippen LogP contribution in [-0.2, 0) is 0 Å². The number of carbonyl (C=O) groups is 2. The zero-order valence-electron chi connectivity index (χ0n) is 15.9. The SMILES string of the molecule is Cc1cccc(C(=O)NC(C)c2ccc(F)cc2F)c1NC(=O)c1ccncc1. The van der Waals surface area contributed by atoms with E-state index in [9.17, 15) is 18.4 Å². The van der Waals surface area contributed by atoms with E-state index in [1.165, 1.54) is 18.5 Å². The molecular formula is C22H19F2N3O2. The second kappa shape index (κ2) is 8.60. The highest BCUT2D eigenvalue weighted by atomic mass is 19.1. The molecule has 0 radical (unpaired) electrons. The maximum absolute atomic E-state index is 14.0. The molecular weight excluding hydrogens is 376 g/mol. The minimum absolute atomic E-state index is 0.162. The molecule has 7 heteroatoms. The van der Waals surface area contributed by atoms with Gasteiger partial charge in [-0.3, -0.25) is 14.6 Å². The van der Waals surface area contributed by atoms with E-state index in [0.29, 0.717) is 16.8 Å². The number of para-hydroxylation sites is 1. The molecule has 1 heterocycles. The third-order valence-corrected chi connectivity index (χ3v) is 4.48. The zero-order chi connectivity index (χ0) is 21.0. The highest BCUT2D eigenvalue weighted by Crippen LogP contribution is 2.24. The van der Waals surface area contributed by atoms with E-state index in [-0.39, 0.29) is 17.0 Å². The number of aromatic nitrogens is 1. The smallest absolute Gasteiger partial charge is 0.255 e. The van der Waals surface area contributed by atoms with Crippen molar-refractivity contribution in [1.82, 2.24) is 10.3 Å². The third-order valence-electron chi connectivity index (χ3n) is 4.48. The number of carbonyl (C=O) groups excluding carboxylic acids is 2. The average molecular weight is 395 g/mol. The normalized spacial score (nSPS) is 11.6. The lowest BCUT2D eigenvalue weighted by Gasteiger charge is -2.18. The van der Waals surface area contributed by atoms with Gasteiger partial charge in [0.2, 0.25) is 0 Å². The molecule has 1 unspecified atom stereocenters. The Morgan fingerprint density at radius 1 is 1.00 bits per heavy atom. The maximum atomic E-state index is 14.0. The Kier molecular flexibility index (Phi) is 5.97. The number of amides is 2. The van der Waals surface area contributed by atoms with E-state index >= 15 is 0 Å². The molecule has 1 aromatic heterocycles. The van der Waals surface area contributed by atoms with E-state index in [1.54, 1.807) is 44.2 Å². The Balaban J connectivity index is 1.84. The second-order valence-electron chi connectivity index (χ2n) is 6.55. The van der Waals surface area contributed by atoms with E-state index in [1.807, 2.05) is 0 Å². The van der Waals surface area contributed by atoms with Gasteiger partial charge in [0, 0.05) is 29.6 Å². The van der Waals surface area contributed by atoms with Crippen molar-refractivity contribution >= 4 is 17.5 Å². The minimum Gasteiger partial charge on any atom is -0.345 e. The number of nitrogens with one attached hydrogen (secondary N) is 2. The number of pyridine rings is 1. The average Bonchev–Trinajstić information content (AvgIpc) is 2.69. The summed E-state index contributed by atoms with van der Waals surface area (Å²) in [5, 5.41) is 5.45. The predicted molar refractivity (Wildman–Crippen MR) is 106 cm³/mol. The Morgan fingerprint density at radius 3 is 2.41 bits per heavy atom. The summed E-state index contributed by atoms with van der Waals surface area (Å²) in [6.07, 6.45) is 3.00. The van der Waals surface area contributed by atoms with Crippen LogP contribution in [0.25, 0.3) is 0 Å². The number of hydrogen-bond donors (Lipinski definition) is 2. The monoisotopic (exact) mass is 395 g/mol. The Labute approximate surface area is 166 Å². The Bertz CT molecular complexity index is 1060. The fraction of sp³-hybridized carbons (Fsp3) is 0.136. The highest BCUT2D eigenvalue weighted by Gasteiger charge is 2.20. The molecule has 2 amide bonds. The van der Waals surface area contributed by atoms with Crippen molar-refractivity contribution in [1.29, 1.82) is 0 Å². The van der Waals surface area contributed by atoms with Crippen LogP contribution >= 0.6 is 0 Å². The maximum Gasteiger partial charge on any atom is 0.255 e. The molecule has 29 heavy (non-hydrogen) atoms. The molecule has 0 aliphatic carbocycles. The molecule has 0 bridgehead atoms. The van der Waals surface area contributed by atoms with Crippen molar-refractivity contribution < 1.29 is 18.4 Å². The van der Waals surface area contributed by atoms with Gasteiger partial charge >= 0.3 is 0 Å². The standard InChI is InChI=1S/C22H19F2N3O2/c1-13-4-3-5-18(20(13)27-21(28)15-8-10-25-11-9-15)22(29)26-14(2)17-7-6-16(23)12-19(17)24/h3-12,14H,1-2H3,(H,26,29)(H,27,28). The summed E-state index contributed by atoms with van der Waals surface area (Å²) < 4.78 is 27.1. The van der Waals surface area contributed by atoms with Crippen LogP contribution in [0.2, 0.25) is 0 Å². The van der Waals surface area contributed by atoms with Crippen LogP contribution in [0.3, 0.4) is 0 Å². The highest BCUT2D eigenvalue weighted by molar-refractivity contribution is 6.09. The molecule has 0 saturated carbocycles.